The molecule has 0 saturated carbocycles. The number of aryl methyl sites for hydroxylation is 1. The van der Waals surface area contributed by atoms with Gasteiger partial charge >= 0.3 is 0 Å². The third-order valence-electron chi connectivity index (χ3n) is 3.91. The highest BCUT2D eigenvalue weighted by Gasteiger charge is 2.23. The standard InChI is InChI=1S/C19H16F2N2O2/c1-11(15-9-8-14(20)10-16(15)21)22-19(24)17-12(2)25-23-18(17)13-6-4-3-5-7-13/h3-11H,1-2H3,(H,22,24). The molecule has 2 aromatic carbocycles. The molecule has 1 atom stereocenters. The number of carbonyl (C=O) groups excluding carboxylic acids is 1. The Labute approximate surface area is 143 Å². The van der Waals surface area contributed by atoms with E-state index in [9.17, 15) is 13.6 Å². The molecule has 0 bridgehead atoms. The predicted octanol–water partition coefficient (Wildman–Crippen LogP) is 4.42. The summed E-state index contributed by atoms with van der Waals surface area (Å²) in [4.78, 5) is 12.7. The molecule has 1 unspecified atom stereocenters. The number of hydrogen-bond acceptors (Lipinski definition) is 3. The van der Waals surface area contributed by atoms with Gasteiger partial charge in [0.2, 0.25) is 0 Å². The lowest BCUT2D eigenvalue weighted by atomic mass is 10.0. The molecule has 0 aliphatic carbocycles. The highest BCUT2D eigenvalue weighted by atomic mass is 19.1. The number of halogens is 2. The van der Waals surface area contributed by atoms with Crippen molar-refractivity contribution < 1.29 is 18.1 Å². The highest BCUT2D eigenvalue weighted by Crippen LogP contribution is 2.26. The molecule has 128 valence electrons. The Bertz CT molecular complexity index is 907. The lowest BCUT2D eigenvalue weighted by Crippen LogP contribution is -2.28. The Kier molecular flexibility index (Phi) is 4.61. The number of aromatic nitrogens is 1. The Morgan fingerprint density at radius 2 is 1.88 bits per heavy atom. The fourth-order valence-corrected chi connectivity index (χ4v) is 2.63. The van der Waals surface area contributed by atoms with Gasteiger partial charge in [0.15, 0.2) is 0 Å². The number of benzene rings is 2. The van der Waals surface area contributed by atoms with Gasteiger partial charge in [0.05, 0.1) is 6.04 Å². The van der Waals surface area contributed by atoms with Crippen LogP contribution in [0.4, 0.5) is 8.78 Å². The zero-order chi connectivity index (χ0) is 18.0. The monoisotopic (exact) mass is 342 g/mol. The summed E-state index contributed by atoms with van der Waals surface area (Å²) in [6.07, 6.45) is 0. The zero-order valence-electron chi connectivity index (χ0n) is 13.7. The van der Waals surface area contributed by atoms with Crippen molar-refractivity contribution >= 4 is 5.91 Å². The van der Waals surface area contributed by atoms with Crippen molar-refractivity contribution in [2.75, 3.05) is 0 Å². The molecule has 0 spiro atoms. The number of hydrogen-bond donors (Lipinski definition) is 1. The number of amides is 1. The Morgan fingerprint density at radius 3 is 2.56 bits per heavy atom. The molecule has 0 fully saturated rings. The summed E-state index contributed by atoms with van der Waals surface area (Å²) in [7, 11) is 0. The Morgan fingerprint density at radius 1 is 1.16 bits per heavy atom. The fraction of sp³-hybridized carbons (Fsp3) is 0.158. The van der Waals surface area contributed by atoms with Crippen LogP contribution in [0.25, 0.3) is 11.3 Å². The lowest BCUT2D eigenvalue weighted by molar-refractivity contribution is 0.0938. The number of nitrogens with one attached hydrogen (secondary N) is 1. The number of carbonyl (C=O) groups is 1. The molecule has 1 amide bonds. The van der Waals surface area contributed by atoms with Crippen LogP contribution in [0.2, 0.25) is 0 Å². The molecule has 0 radical (unpaired) electrons. The second-order valence-corrected chi connectivity index (χ2v) is 5.69. The average molecular weight is 342 g/mol. The largest absolute Gasteiger partial charge is 0.360 e. The molecule has 6 heteroatoms. The van der Waals surface area contributed by atoms with Gasteiger partial charge in [0, 0.05) is 17.2 Å². The quantitative estimate of drug-likeness (QED) is 0.764. The lowest BCUT2D eigenvalue weighted by Gasteiger charge is -2.15. The third-order valence-corrected chi connectivity index (χ3v) is 3.91. The fourth-order valence-electron chi connectivity index (χ4n) is 2.63. The summed E-state index contributed by atoms with van der Waals surface area (Å²) >= 11 is 0. The molecule has 1 heterocycles. The minimum atomic E-state index is -0.710. The molecule has 4 nitrogen and oxygen atoms in total. The molecular weight excluding hydrogens is 326 g/mol. The molecule has 1 aromatic heterocycles. The van der Waals surface area contributed by atoms with Crippen LogP contribution in [0.5, 0.6) is 0 Å². The van der Waals surface area contributed by atoms with E-state index >= 15 is 0 Å². The van der Waals surface area contributed by atoms with Crippen molar-refractivity contribution in [2.24, 2.45) is 0 Å². The van der Waals surface area contributed by atoms with E-state index in [-0.39, 0.29) is 5.56 Å². The van der Waals surface area contributed by atoms with Crippen LogP contribution in [0, 0.1) is 18.6 Å². The average Bonchev–Trinajstić information content (AvgIpc) is 2.97. The van der Waals surface area contributed by atoms with Gasteiger partial charge in [-0.2, -0.15) is 0 Å². The molecule has 25 heavy (non-hydrogen) atoms. The summed E-state index contributed by atoms with van der Waals surface area (Å²) in [6.45, 7) is 3.26. The first-order valence-corrected chi connectivity index (χ1v) is 7.75. The van der Waals surface area contributed by atoms with Crippen molar-refractivity contribution in [1.82, 2.24) is 10.5 Å². The van der Waals surface area contributed by atoms with Gasteiger partial charge in [-0.25, -0.2) is 8.78 Å². The third kappa shape index (κ3) is 3.42. The maximum absolute atomic E-state index is 13.9. The first kappa shape index (κ1) is 16.8. The minimum absolute atomic E-state index is 0.199. The van der Waals surface area contributed by atoms with E-state index in [4.69, 9.17) is 4.52 Å². The van der Waals surface area contributed by atoms with E-state index in [0.29, 0.717) is 17.0 Å². The van der Waals surface area contributed by atoms with E-state index in [1.807, 2.05) is 30.3 Å². The van der Waals surface area contributed by atoms with Crippen LogP contribution in [0.1, 0.15) is 34.6 Å². The maximum atomic E-state index is 13.9. The van der Waals surface area contributed by atoms with E-state index < -0.39 is 23.6 Å². The van der Waals surface area contributed by atoms with Gasteiger partial charge in [-0.3, -0.25) is 4.79 Å². The van der Waals surface area contributed by atoms with Crippen LogP contribution in [0.3, 0.4) is 0 Å². The van der Waals surface area contributed by atoms with Crippen molar-refractivity contribution in [1.29, 1.82) is 0 Å². The normalized spacial score (nSPS) is 12.0. The van der Waals surface area contributed by atoms with E-state index in [0.717, 1.165) is 17.7 Å². The van der Waals surface area contributed by atoms with Gasteiger partial charge in [-0.1, -0.05) is 41.6 Å². The van der Waals surface area contributed by atoms with Gasteiger partial charge in [0.1, 0.15) is 28.7 Å². The summed E-state index contributed by atoms with van der Waals surface area (Å²) < 4.78 is 32.1. The van der Waals surface area contributed by atoms with E-state index in [1.165, 1.54) is 6.07 Å². The molecule has 0 saturated heterocycles. The minimum Gasteiger partial charge on any atom is -0.360 e. The first-order chi connectivity index (χ1) is 12.0. The molecular formula is C19H16F2N2O2. The summed E-state index contributed by atoms with van der Waals surface area (Å²) in [6, 6.07) is 11.8. The van der Waals surface area contributed by atoms with Crippen LogP contribution < -0.4 is 5.32 Å². The molecule has 0 aliphatic rings. The molecule has 3 rings (SSSR count). The second-order valence-electron chi connectivity index (χ2n) is 5.69. The summed E-state index contributed by atoms with van der Waals surface area (Å²) in [5.41, 5.74) is 1.65. The van der Waals surface area contributed by atoms with Gasteiger partial charge in [-0.15, -0.1) is 0 Å². The van der Waals surface area contributed by atoms with Crippen molar-refractivity contribution in [3.63, 3.8) is 0 Å². The number of nitrogens with zero attached hydrogens (tertiary/aromatic N) is 1. The molecule has 0 aliphatic heterocycles. The van der Waals surface area contributed by atoms with Crippen LogP contribution in [-0.4, -0.2) is 11.1 Å². The van der Waals surface area contributed by atoms with Crippen molar-refractivity contribution in [2.45, 2.75) is 19.9 Å². The first-order valence-electron chi connectivity index (χ1n) is 7.75. The summed E-state index contributed by atoms with van der Waals surface area (Å²) in [5.74, 6) is -1.45. The van der Waals surface area contributed by atoms with Gasteiger partial charge in [0.25, 0.3) is 5.91 Å². The van der Waals surface area contributed by atoms with Crippen LogP contribution in [0.15, 0.2) is 53.1 Å². The van der Waals surface area contributed by atoms with E-state index in [2.05, 4.69) is 10.5 Å². The summed E-state index contributed by atoms with van der Waals surface area (Å²) in [5, 5.41) is 6.67. The number of rotatable bonds is 4. The van der Waals surface area contributed by atoms with Crippen molar-refractivity contribution in [3.8, 4) is 11.3 Å². The van der Waals surface area contributed by atoms with Gasteiger partial charge in [-0.05, 0) is 19.9 Å². The van der Waals surface area contributed by atoms with Gasteiger partial charge < -0.3 is 9.84 Å². The SMILES string of the molecule is Cc1onc(-c2ccccc2)c1C(=O)NC(C)c1ccc(F)cc1F. The topological polar surface area (TPSA) is 55.1 Å². The van der Waals surface area contributed by atoms with Crippen molar-refractivity contribution in [3.05, 3.63) is 77.1 Å². The van der Waals surface area contributed by atoms with E-state index in [1.54, 1.807) is 13.8 Å². The molecule has 1 N–H and O–H groups in total. The Hall–Kier alpha value is -3.02. The molecule has 3 aromatic rings. The Balaban J connectivity index is 1.88. The van der Waals surface area contributed by atoms with Crippen LogP contribution in [-0.2, 0) is 0 Å². The smallest absolute Gasteiger partial charge is 0.257 e. The zero-order valence-corrected chi connectivity index (χ0v) is 13.7. The highest BCUT2D eigenvalue weighted by molar-refractivity contribution is 6.00. The van der Waals surface area contributed by atoms with Crippen LogP contribution >= 0.6 is 0 Å². The predicted molar refractivity (Wildman–Crippen MR) is 88.9 cm³/mol. The maximum Gasteiger partial charge on any atom is 0.257 e. The second kappa shape index (κ2) is 6.84.